The number of piperidine rings is 1. The summed E-state index contributed by atoms with van der Waals surface area (Å²) in [6.07, 6.45) is 5.51. The van der Waals surface area contributed by atoms with Gasteiger partial charge in [-0.25, -0.2) is 0 Å². The molecule has 1 aromatic carbocycles. The molecule has 1 aliphatic carbocycles. The Kier molecular flexibility index (Phi) is 5.98. The van der Waals surface area contributed by atoms with Crippen molar-refractivity contribution in [2.45, 2.75) is 57.0 Å². The fourth-order valence-electron chi connectivity index (χ4n) is 5.69. The number of nitrogens with zero attached hydrogens (tertiary/aromatic N) is 2. The average molecular weight is 482 g/mol. The van der Waals surface area contributed by atoms with Gasteiger partial charge >= 0.3 is 0 Å². The first-order valence-electron chi connectivity index (χ1n) is 11.9. The number of benzene rings is 1. The molecule has 2 aliphatic heterocycles. The first-order chi connectivity index (χ1) is 16.4. The Morgan fingerprint density at radius 3 is 2.82 bits per heavy atom. The highest BCUT2D eigenvalue weighted by Gasteiger charge is 2.52. The zero-order valence-electron chi connectivity index (χ0n) is 18.9. The van der Waals surface area contributed by atoms with Crippen molar-refractivity contribution in [3.05, 3.63) is 35.0 Å². The van der Waals surface area contributed by atoms with Gasteiger partial charge in [-0.2, -0.15) is 5.26 Å². The van der Waals surface area contributed by atoms with Gasteiger partial charge < -0.3 is 20.5 Å². The second-order valence-electron chi connectivity index (χ2n) is 9.95. The minimum atomic E-state index is -0.775. The number of H-pyrrole nitrogens is 1. The molecule has 0 bridgehead atoms. The highest BCUT2D eigenvalue weighted by Crippen LogP contribution is 2.50. The molecule has 1 aromatic heterocycles. The van der Waals surface area contributed by atoms with Crippen molar-refractivity contribution in [1.29, 1.82) is 5.26 Å². The van der Waals surface area contributed by atoms with Crippen LogP contribution in [0.25, 0.3) is 10.9 Å². The third-order valence-electron chi connectivity index (χ3n) is 7.71. The number of nitrogens with one attached hydrogen (secondary N) is 3. The molecule has 3 aliphatic rings. The molecule has 0 radical (unpaired) electrons. The molecule has 178 valence electrons. The molecule has 2 aromatic rings. The van der Waals surface area contributed by atoms with E-state index in [1.54, 1.807) is 17.0 Å². The molecule has 2 saturated heterocycles. The van der Waals surface area contributed by atoms with Crippen LogP contribution in [-0.2, 0) is 9.59 Å². The monoisotopic (exact) mass is 481 g/mol. The molecule has 5 rings (SSSR count). The molecular formula is C25H28ClN5O3. The average Bonchev–Trinajstić information content (AvgIpc) is 3.43. The molecule has 1 unspecified atom stereocenters. The fraction of sp³-hybridized carbons (Fsp3) is 0.520. The smallest absolute Gasteiger partial charge is 0.271 e. The summed E-state index contributed by atoms with van der Waals surface area (Å²) >= 11 is 6.27. The van der Waals surface area contributed by atoms with Gasteiger partial charge in [0, 0.05) is 24.4 Å². The summed E-state index contributed by atoms with van der Waals surface area (Å²) < 4.78 is 0. The van der Waals surface area contributed by atoms with E-state index >= 15 is 0 Å². The van der Waals surface area contributed by atoms with E-state index in [0.717, 1.165) is 31.1 Å². The van der Waals surface area contributed by atoms with Crippen LogP contribution >= 0.6 is 11.6 Å². The number of fused-ring (bicyclic) bond motifs is 1. The van der Waals surface area contributed by atoms with E-state index in [4.69, 9.17) is 11.6 Å². The number of hydrogen-bond acceptors (Lipinski definition) is 4. The number of nitriles is 1. The fourth-order valence-corrected chi connectivity index (χ4v) is 5.92. The molecule has 3 atom stereocenters. The van der Waals surface area contributed by atoms with E-state index in [2.05, 4.69) is 21.7 Å². The molecule has 1 saturated carbocycles. The molecule has 1 spiro atoms. The van der Waals surface area contributed by atoms with Crippen LogP contribution in [0, 0.1) is 22.7 Å². The lowest BCUT2D eigenvalue weighted by molar-refractivity contribution is -0.128. The number of para-hydroxylation sites is 1. The second-order valence-corrected chi connectivity index (χ2v) is 10.4. The highest BCUT2D eigenvalue weighted by atomic mass is 35.5. The van der Waals surface area contributed by atoms with Crippen LogP contribution < -0.4 is 10.6 Å². The number of amides is 3. The summed E-state index contributed by atoms with van der Waals surface area (Å²) in [6, 6.07) is 7.96. The Balaban J connectivity index is 1.34. The van der Waals surface area contributed by atoms with Gasteiger partial charge in [0.15, 0.2) is 0 Å². The molecule has 3 N–H and O–H groups in total. The van der Waals surface area contributed by atoms with Gasteiger partial charge in [-0.15, -0.1) is 0 Å². The second kappa shape index (κ2) is 8.95. The topological polar surface area (TPSA) is 118 Å². The number of hydrogen-bond donors (Lipinski definition) is 3. The van der Waals surface area contributed by atoms with Crippen molar-refractivity contribution in [2.24, 2.45) is 11.3 Å². The van der Waals surface area contributed by atoms with Gasteiger partial charge in [0.2, 0.25) is 11.8 Å². The summed E-state index contributed by atoms with van der Waals surface area (Å²) in [5, 5.41) is 16.7. The van der Waals surface area contributed by atoms with Gasteiger partial charge in [0.1, 0.15) is 17.8 Å². The van der Waals surface area contributed by atoms with E-state index < -0.39 is 12.1 Å². The highest BCUT2D eigenvalue weighted by molar-refractivity contribution is 6.35. The molecule has 9 heteroatoms. The van der Waals surface area contributed by atoms with Crippen LogP contribution in [0.5, 0.6) is 0 Å². The summed E-state index contributed by atoms with van der Waals surface area (Å²) in [4.78, 5) is 43.8. The number of rotatable bonds is 5. The third kappa shape index (κ3) is 4.14. The number of aromatic amines is 1. The van der Waals surface area contributed by atoms with E-state index in [-0.39, 0.29) is 35.5 Å². The first kappa shape index (κ1) is 22.7. The lowest BCUT2D eigenvalue weighted by atomic mass is 9.67. The summed E-state index contributed by atoms with van der Waals surface area (Å²) in [5.74, 6) is -0.913. The number of likely N-dealkylation sites (tertiary alicyclic amines) is 1. The molecule has 3 amide bonds. The van der Waals surface area contributed by atoms with Crippen molar-refractivity contribution in [3.8, 4) is 6.07 Å². The van der Waals surface area contributed by atoms with Gasteiger partial charge in [-0.1, -0.05) is 30.2 Å². The zero-order valence-corrected chi connectivity index (χ0v) is 19.7. The lowest BCUT2D eigenvalue weighted by Crippen LogP contribution is -2.49. The van der Waals surface area contributed by atoms with Gasteiger partial charge in [0.25, 0.3) is 5.91 Å². The first-order valence-corrected chi connectivity index (χ1v) is 12.3. The van der Waals surface area contributed by atoms with Crippen LogP contribution in [0.15, 0.2) is 24.3 Å². The summed E-state index contributed by atoms with van der Waals surface area (Å²) in [6.45, 7) is 1.17. The predicted octanol–water partition coefficient (Wildman–Crippen LogP) is 3.13. The van der Waals surface area contributed by atoms with Crippen molar-refractivity contribution >= 4 is 40.2 Å². The van der Waals surface area contributed by atoms with E-state index in [0.29, 0.717) is 42.2 Å². The van der Waals surface area contributed by atoms with Gasteiger partial charge in [-0.3, -0.25) is 14.4 Å². The number of aromatic nitrogens is 1. The number of carbonyl (C=O) groups excluding carboxylic acids is 3. The van der Waals surface area contributed by atoms with E-state index in [9.17, 15) is 19.6 Å². The van der Waals surface area contributed by atoms with Crippen LogP contribution in [-0.4, -0.2) is 52.8 Å². The normalized spacial score (nSPS) is 24.4. The Morgan fingerprint density at radius 2 is 2.15 bits per heavy atom. The van der Waals surface area contributed by atoms with E-state index in [1.165, 1.54) is 0 Å². The number of halogens is 1. The van der Waals surface area contributed by atoms with Crippen LogP contribution in [0.2, 0.25) is 5.02 Å². The third-order valence-corrected chi connectivity index (χ3v) is 8.03. The Bertz CT molecular complexity index is 1180. The maximum Gasteiger partial charge on any atom is 0.271 e. The summed E-state index contributed by atoms with van der Waals surface area (Å²) in [7, 11) is 0. The molecule has 34 heavy (non-hydrogen) atoms. The SMILES string of the molecule is N#C[C@H](CC1CCCNC1=O)NC(=O)[C@H]1CC2(CCC2)CN1C(=O)c1cc2cccc(Cl)c2[nH]1. The molecule has 3 fully saturated rings. The van der Waals surface area contributed by atoms with Crippen molar-refractivity contribution < 1.29 is 14.4 Å². The Labute approximate surface area is 203 Å². The van der Waals surface area contributed by atoms with Crippen molar-refractivity contribution in [2.75, 3.05) is 13.1 Å². The standard InChI is InChI=1S/C25H28ClN5O3/c26-18-6-1-4-15-11-19(30-21(15)18)24(34)31-14-25(7-3-8-25)12-20(31)23(33)29-17(13-27)10-16-5-2-9-28-22(16)32/h1,4,6,11,16-17,20,30H,2-3,5,7-10,12,14H2,(H,28,32)(H,29,33)/t16?,17-,20+/m0/s1. The quantitative estimate of drug-likeness (QED) is 0.607. The van der Waals surface area contributed by atoms with Crippen LogP contribution in [0.1, 0.15) is 55.4 Å². The maximum absolute atomic E-state index is 13.5. The van der Waals surface area contributed by atoms with E-state index in [1.807, 2.05) is 12.1 Å². The predicted molar refractivity (Wildman–Crippen MR) is 127 cm³/mol. The molecule has 3 heterocycles. The minimum absolute atomic E-state index is 0.0350. The van der Waals surface area contributed by atoms with Crippen molar-refractivity contribution in [1.82, 2.24) is 20.5 Å². The summed E-state index contributed by atoms with van der Waals surface area (Å²) in [5.41, 5.74) is 1.06. The Morgan fingerprint density at radius 1 is 1.32 bits per heavy atom. The van der Waals surface area contributed by atoms with Gasteiger partial charge in [-0.05, 0) is 56.1 Å². The maximum atomic E-state index is 13.5. The molecular weight excluding hydrogens is 454 g/mol. The Hall–Kier alpha value is -3.05. The zero-order chi connectivity index (χ0) is 23.9. The largest absolute Gasteiger partial charge is 0.356 e. The van der Waals surface area contributed by atoms with Crippen molar-refractivity contribution in [3.63, 3.8) is 0 Å². The minimum Gasteiger partial charge on any atom is -0.356 e. The van der Waals surface area contributed by atoms with Gasteiger partial charge in [0.05, 0.1) is 16.6 Å². The number of carbonyl (C=O) groups is 3. The lowest BCUT2D eigenvalue weighted by Gasteiger charge is -2.37. The molecule has 8 nitrogen and oxygen atoms in total. The van der Waals surface area contributed by atoms with Crippen LogP contribution in [0.4, 0.5) is 0 Å². The van der Waals surface area contributed by atoms with Crippen LogP contribution in [0.3, 0.4) is 0 Å².